The average Bonchev–Trinajstić information content (AvgIpc) is 3.44. The molecule has 10 heteroatoms. The summed E-state index contributed by atoms with van der Waals surface area (Å²) in [6.45, 7) is 0.450. The van der Waals surface area contributed by atoms with Crippen LogP contribution in [0.5, 0.6) is 0 Å². The maximum absolute atomic E-state index is 13.1. The van der Waals surface area contributed by atoms with Gasteiger partial charge in [-0.2, -0.15) is 0 Å². The molecule has 0 aromatic heterocycles. The molecule has 4 N–H and O–H groups in total. The lowest BCUT2D eigenvalue weighted by Crippen LogP contribution is -2.55. The molecule has 2 aliphatic rings. The lowest BCUT2D eigenvalue weighted by atomic mass is 10.1. The Morgan fingerprint density at radius 2 is 1.94 bits per heavy atom. The van der Waals surface area contributed by atoms with Crippen LogP contribution in [0.25, 0.3) is 0 Å². The molecule has 0 bridgehead atoms. The predicted molar refractivity (Wildman–Crippen MR) is 112 cm³/mol. The summed E-state index contributed by atoms with van der Waals surface area (Å²) in [4.78, 5) is 62.4. The highest BCUT2D eigenvalue weighted by Crippen LogP contribution is 2.20. The second kappa shape index (κ2) is 10.7. The number of amides is 4. The van der Waals surface area contributed by atoms with Crippen molar-refractivity contribution in [2.24, 2.45) is 5.73 Å². The summed E-state index contributed by atoms with van der Waals surface area (Å²) in [6.07, 6.45) is 1.55. The zero-order chi connectivity index (χ0) is 23.1. The van der Waals surface area contributed by atoms with Crippen LogP contribution in [0.4, 0.5) is 0 Å². The quantitative estimate of drug-likeness (QED) is 0.447. The van der Waals surface area contributed by atoms with Gasteiger partial charge in [0.2, 0.25) is 23.6 Å². The second-order valence-electron chi connectivity index (χ2n) is 8.00. The molecule has 1 aromatic carbocycles. The third-order valence-corrected chi connectivity index (χ3v) is 5.67. The van der Waals surface area contributed by atoms with Crippen molar-refractivity contribution < 1.29 is 28.7 Å². The van der Waals surface area contributed by atoms with Crippen molar-refractivity contribution in [1.29, 1.82) is 0 Å². The number of likely N-dealkylation sites (tertiary alicyclic amines) is 1. The number of nitrogens with one attached hydrogen (secondary N) is 2. The summed E-state index contributed by atoms with van der Waals surface area (Å²) < 4.78 is 5.25. The highest BCUT2D eigenvalue weighted by molar-refractivity contribution is 5.95. The average molecular weight is 444 g/mol. The number of primary amides is 1. The van der Waals surface area contributed by atoms with Crippen LogP contribution in [0.1, 0.15) is 44.1 Å². The molecule has 0 radical (unpaired) electrons. The van der Waals surface area contributed by atoms with Gasteiger partial charge in [0.05, 0.1) is 0 Å². The fraction of sp³-hybridized carbons (Fsp3) is 0.500. The summed E-state index contributed by atoms with van der Waals surface area (Å²) in [6, 6.07) is 6.67. The first-order valence-electron chi connectivity index (χ1n) is 10.7. The maximum atomic E-state index is 13.1. The number of hydrogen-bond donors (Lipinski definition) is 3. The van der Waals surface area contributed by atoms with E-state index in [0.717, 1.165) is 5.56 Å². The Hall–Kier alpha value is -3.43. The van der Waals surface area contributed by atoms with Gasteiger partial charge in [-0.3, -0.25) is 24.0 Å². The van der Waals surface area contributed by atoms with Crippen molar-refractivity contribution in [1.82, 2.24) is 15.5 Å². The van der Waals surface area contributed by atoms with Gasteiger partial charge in [0.15, 0.2) is 0 Å². The van der Waals surface area contributed by atoms with Crippen molar-refractivity contribution in [2.45, 2.75) is 63.3 Å². The summed E-state index contributed by atoms with van der Waals surface area (Å²) in [5, 5.41) is 5.20. The van der Waals surface area contributed by atoms with Gasteiger partial charge in [-0.25, -0.2) is 0 Å². The number of esters is 1. The monoisotopic (exact) mass is 444 g/mol. The van der Waals surface area contributed by atoms with Crippen LogP contribution in [-0.2, 0) is 35.3 Å². The Labute approximate surface area is 185 Å². The normalized spacial score (nSPS) is 21.0. The first-order chi connectivity index (χ1) is 15.3. The van der Waals surface area contributed by atoms with Crippen LogP contribution in [0.2, 0.25) is 0 Å². The van der Waals surface area contributed by atoms with Crippen LogP contribution in [0.3, 0.4) is 0 Å². The molecule has 32 heavy (non-hydrogen) atoms. The Balaban J connectivity index is 1.62. The molecular formula is C22H28N4O6. The van der Waals surface area contributed by atoms with E-state index in [2.05, 4.69) is 10.6 Å². The molecule has 2 fully saturated rings. The molecule has 4 amide bonds. The molecule has 0 spiro atoms. The third-order valence-electron chi connectivity index (χ3n) is 5.67. The zero-order valence-corrected chi connectivity index (χ0v) is 17.7. The van der Waals surface area contributed by atoms with Gasteiger partial charge in [-0.1, -0.05) is 30.3 Å². The number of nitrogens with two attached hydrogens (primary N) is 1. The highest BCUT2D eigenvalue weighted by Gasteiger charge is 2.38. The topological polar surface area (TPSA) is 148 Å². The number of benzene rings is 1. The summed E-state index contributed by atoms with van der Waals surface area (Å²) >= 11 is 0. The maximum Gasteiger partial charge on any atom is 0.306 e. The van der Waals surface area contributed by atoms with E-state index in [1.807, 2.05) is 30.3 Å². The first-order valence-corrected chi connectivity index (χ1v) is 10.7. The fourth-order valence-electron chi connectivity index (χ4n) is 3.94. The molecule has 10 nitrogen and oxygen atoms in total. The van der Waals surface area contributed by atoms with Crippen molar-refractivity contribution in [3.63, 3.8) is 0 Å². The molecule has 3 atom stereocenters. The lowest BCUT2D eigenvalue weighted by Gasteiger charge is -2.28. The predicted octanol–water partition coefficient (Wildman–Crippen LogP) is -0.250. The molecule has 0 saturated carbocycles. The van der Waals surface area contributed by atoms with Crippen molar-refractivity contribution >= 4 is 29.6 Å². The zero-order valence-electron chi connectivity index (χ0n) is 17.7. The standard InChI is InChI=1S/C22H28N4O6/c23-20(29)17-7-4-12-26(17)22(31)16(25-21(30)15-8-10-18(27)24-15)9-11-19(28)32-13-14-5-2-1-3-6-14/h1-3,5-6,15-17H,4,7-13H2,(H2,23,29)(H,24,27)(H,25,30)/t15-,16?,17-/m0/s1. The summed E-state index contributed by atoms with van der Waals surface area (Å²) in [5.41, 5.74) is 6.25. The SMILES string of the molecule is NC(=O)[C@@H]1CCCN1C(=O)C(CCC(=O)OCc1ccccc1)NC(=O)[C@@H]1CCC(=O)N1. The number of ether oxygens (including phenoxy) is 1. The van der Waals surface area contributed by atoms with Gasteiger partial charge in [0, 0.05) is 19.4 Å². The van der Waals surface area contributed by atoms with Gasteiger partial charge in [0.1, 0.15) is 24.7 Å². The number of carbonyl (C=O) groups is 5. The van der Waals surface area contributed by atoms with Crippen LogP contribution in [0.15, 0.2) is 30.3 Å². The van der Waals surface area contributed by atoms with Gasteiger partial charge in [0.25, 0.3) is 0 Å². The number of nitrogens with zero attached hydrogens (tertiary/aromatic N) is 1. The summed E-state index contributed by atoms with van der Waals surface area (Å²) in [5.74, 6) is -2.32. The first kappa shape index (κ1) is 23.2. The third kappa shape index (κ3) is 6.05. The Bertz CT molecular complexity index is 874. The van der Waals surface area contributed by atoms with E-state index in [-0.39, 0.29) is 31.8 Å². The van der Waals surface area contributed by atoms with E-state index in [0.29, 0.717) is 25.8 Å². The van der Waals surface area contributed by atoms with E-state index in [1.165, 1.54) is 4.90 Å². The Morgan fingerprint density at radius 1 is 1.19 bits per heavy atom. The van der Waals surface area contributed by atoms with Gasteiger partial charge in [-0.15, -0.1) is 0 Å². The van der Waals surface area contributed by atoms with Crippen LogP contribution >= 0.6 is 0 Å². The van der Waals surface area contributed by atoms with E-state index < -0.39 is 41.8 Å². The fourth-order valence-corrected chi connectivity index (χ4v) is 3.94. The van der Waals surface area contributed by atoms with E-state index >= 15 is 0 Å². The van der Waals surface area contributed by atoms with E-state index in [4.69, 9.17) is 10.5 Å². The molecule has 0 aliphatic carbocycles. The highest BCUT2D eigenvalue weighted by atomic mass is 16.5. The van der Waals surface area contributed by atoms with Crippen LogP contribution < -0.4 is 16.4 Å². The van der Waals surface area contributed by atoms with Crippen molar-refractivity contribution in [2.75, 3.05) is 6.54 Å². The van der Waals surface area contributed by atoms with Gasteiger partial charge >= 0.3 is 5.97 Å². The molecule has 2 saturated heterocycles. The molecule has 1 aromatic rings. The van der Waals surface area contributed by atoms with Crippen LogP contribution in [0, 0.1) is 0 Å². The number of rotatable bonds is 9. The molecule has 1 unspecified atom stereocenters. The minimum atomic E-state index is -1.04. The Morgan fingerprint density at radius 3 is 2.59 bits per heavy atom. The van der Waals surface area contributed by atoms with Gasteiger partial charge < -0.3 is 26.0 Å². The van der Waals surface area contributed by atoms with E-state index in [9.17, 15) is 24.0 Å². The number of carbonyl (C=O) groups excluding carboxylic acids is 5. The second-order valence-corrected chi connectivity index (χ2v) is 8.00. The minimum absolute atomic E-state index is 0.000838. The minimum Gasteiger partial charge on any atom is -0.461 e. The molecule has 2 aliphatic heterocycles. The largest absolute Gasteiger partial charge is 0.461 e. The van der Waals surface area contributed by atoms with Crippen LogP contribution in [-0.4, -0.2) is 59.2 Å². The van der Waals surface area contributed by atoms with E-state index in [1.54, 1.807) is 0 Å². The molecular weight excluding hydrogens is 416 g/mol. The smallest absolute Gasteiger partial charge is 0.306 e. The Kier molecular flexibility index (Phi) is 7.80. The molecule has 3 rings (SSSR count). The summed E-state index contributed by atoms with van der Waals surface area (Å²) in [7, 11) is 0. The lowest BCUT2D eigenvalue weighted by molar-refractivity contribution is -0.146. The van der Waals surface area contributed by atoms with Crippen molar-refractivity contribution in [3.05, 3.63) is 35.9 Å². The number of hydrogen-bond acceptors (Lipinski definition) is 6. The molecule has 2 heterocycles. The van der Waals surface area contributed by atoms with Crippen molar-refractivity contribution in [3.8, 4) is 0 Å². The molecule has 172 valence electrons. The van der Waals surface area contributed by atoms with Gasteiger partial charge in [-0.05, 0) is 31.2 Å².